The quantitative estimate of drug-likeness (QED) is 0.227. The molecule has 0 spiro atoms. The molecule has 38 heavy (non-hydrogen) atoms. The Morgan fingerprint density at radius 1 is 0.895 bits per heavy atom. The van der Waals surface area contributed by atoms with E-state index in [9.17, 15) is 9.59 Å². The molecule has 5 rings (SSSR count). The van der Waals surface area contributed by atoms with Gasteiger partial charge in [-0.2, -0.15) is 0 Å². The predicted octanol–water partition coefficient (Wildman–Crippen LogP) is 6.37. The summed E-state index contributed by atoms with van der Waals surface area (Å²) in [6, 6.07) is 20.2. The molecular formula is C31H28N2O5. The highest BCUT2D eigenvalue weighted by Crippen LogP contribution is 2.36. The van der Waals surface area contributed by atoms with Gasteiger partial charge in [0.15, 0.2) is 22.7 Å². The summed E-state index contributed by atoms with van der Waals surface area (Å²) >= 11 is 0. The van der Waals surface area contributed by atoms with Crippen molar-refractivity contribution in [3.8, 4) is 23.0 Å². The Balaban J connectivity index is 1.39. The number of ether oxygens (including phenoxy) is 3. The fourth-order valence-electron chi connectivity index (χ4n) is 4.55. The maximum absolute atomic E-state index is 13.2. The summed E-state index contributed by atoms with van der Waals surface area (Å²) in [7, 11) is 3.16. The van der Waals surface area contributed by atoms with Gasteiger partial charge >= 0.3 is 0 Å². The number of pyridine rings is 2. The number of hydrogen-bond acceptors (Lipinski definition) is 6. The predicted molar refractivity (Wildman–Crippen MR) is 148 cm³/mol. The third-order valence-corrected chi connectivity index (χ3v) is 6.52. The monoisotopic (exact) mass is 508 g/mol. The first-order valence-corrected chi connectivity index (χ1v) is 12.3. The molecule has 0 aliphatic heterocycles. The van der Waals surface area contributed by atoms with Crippen molar-refractivity contribution in [2.24, 2.45) is 0 Å². The van der Waals surface area contributed by atoms with E-state index in [1.54, 1.807) is 44.8 Å². The average Bonchev–Trinajstić information content (AvgIpc) is 2.93. The number of benzene rings is 3. The number of Topliss-reactive ketones (excluding diaryl/α,β-unsaturated/α-hetero) is 1. The molecule has 0 aliphatic carbocycles. The van der Waals surface area contributed by atoms with Crippen molar-refractivity contribution >= 4 is 27.6 Å². The lowest BCUT2D eigenvalue weighted by atomic mass is 10.0. The van der Waals surface area contributed by atoms with E-state index in [1.807, 2.05) is 66.9 Å². The van der Waals surface area contributed by atoms with Crippen LogP contribution < -0.4 is 19.6 Å². The number of rotatable bonds is 8. The van der Waals surface area contributed by atoms with Gasteiger partial charge < -0.3 is 18.8 Å². The molecule has 0 aliphatic rings. The van der Waals surface area contributed by atoms with Crippen LogP contribution in [-0.4, -0.2) is 29.6 Å². The Bertz CT molecular complexity index is 1700. The zero-order valence-electron chi connectivity index (χ0n) is 21.7. The van der Waals surface area contributed by atoms with Gasteiger partial charge in [0.05, 0.1) is 30.8 Å². The van der Waals surface area contributed by atoms with Crippen LogP contribution in [0.2, 0.25) is 0 Å². The lowest BCUT2D eigenvalue weighted by molar-refractivity contribution is 0.0991. The molecule has 0 radical (unpaired) electrons. The standard InChI is InChI=1S/C31H28N2O5/c1-19(2)33-18-24(31(35)22-7-5-6-8-26(22)33)27(34)15-20-9-11-21(12-10-20)38-28-13-14-32-25-17-30(37-4)29(36-3)16-23(25)28/h5-14,16-19H,15H2,1-4H3. The summed E-state index contributed by atoms with van der Waals surface area (Å²) in [5.41, 5.74) is 2.29. The Morgan fingerprint density at radius 2 is 1.61 bits per heavy atom. The van der Waals surface area contributed by atoms with Gasteiger partial charge in [-0.05, 0) is 55.8 Å². The second kappa shape index (κ2) is 10.4. The van der Waals surface area contributed by atoms with E-state index < -0.39 is 0 Å². The van der Waals surface area contributed by atoms with Gasteiger partial charge in [-0.3, -0.25) is 14.6 Å². The number of hydrogen-bond donors (Lipinski definition) is 0. The molecule has 2 heterocycles. The number of carbonyl (C=O) groups excluding carboxylic acids is 1. The Kier molecular flexibility index (Phi) is 6.83. The summed E-state index contributed by atoms with van der Waals surface area (Å²) in [5, 5.41) is 1.33. The molecule has 2 aromatic heterocycles. The minimum atomic E-state index is -0.237. The van der Waals surface area contributed by atoms with Crippen molar-refractivity contribution in [3.05, 3.63) is 100 Å². The number of methoxy groups -OCH3 is 2. The van der Waals surface area contributed by atoms with E-state index in [0.717, 1.165) is 16.5 Å². The van der Waals surface area contributed by atoms with Gasteiger partial charge in [-0.15, -0.1) is 0 Å². The molecular weight excluding hydrogens is 480 g/mol. The SMILES string of the molecule is COc1cc2nccc(Oc3ccc(CC(=O)c4cn(C(C)C)c5ccccc5c4=O)cc3)c2cc1OC. The molecule has 3 aromatic carbocycles. The first-order chi connectivity index (χ1) is 18.4. The number of nitrogens with zero attached hydrogens (tertiary/aromatic N) is 2. The minimum Gasteiger partial charge on any atom is -0.493 e. The zero-order valence-corrected chi connectivity index (χ0v) is 21.7. The van der Waals surface area contributed by atoms with Crippen LogP contribution in [0.25, 0.3) is 21.8 Å². The summed E-state index contributed by atoms with van der Waals surface area (Å²) in [4.78, 5) is 30.7. The van der Waals surface area contributed by atoms with Crippen molar-refractivity contribution in [2.75, 3.05) is 14.2 Å². The Morgan fingerprint density at radius 3 is 2.32 bits per heavy atom. The largest absolute Gasteiger partial charge is 0.493 e. The third kappa shape index (κ3) is 4.70. The molecule has 0 bridgehead atoms. The molecule has 0 unspecified atom stereocenters. The lowest BCUT2D eigenvalue weighted by Crippen LogP contribution is -2.21. The number of carbonyl (C=O) groups is 1. The fraction of sp³-hybridized carbons (Fsp3) is 0.194. The second-order valence-electron chi connectivity index (χ2n) is 9.27. The van der Waals surface area contributed by atoms with Crippen LogP contribution >= 0.6 is 0 Å². The Labute approximate surface area is 220 Å². The lowest BCUT2D eigenvalue weighted by Gasteiger charge is -2.16. The van der Waals surface area contributed by atoms with Gasteiger partial charge in [-0.25, -0.2) is 0 Å². The van der Waals surface area contributed by atoms with Gasteiger partial charge in [-0.1, -0.05) is 24.3 Å². The van der Waals surface area contributed by atoms with Crippen molar-refractivity contribution in [3.63, 3.8) is 0 Å². The van der Waals surface area contributed by atoms with Crippen LogP contribution in [0, 0.1) is 0 Å². The molecule has 192 valence electrons. The fourth-order valence-corrected chi connectivity index (χ4v) is 4.55. The summed E-state index contributed by atoms with van der Waals surface area (Å²) < 4.78 is 18.9. The molecule has 0 saturated carbocycles. The molecule has 0 N–H and O–H groups in total. The van der Waals surface area contributed by atoms with E-state index in [0.29, 0.717) is 33.9 Å². The molecule has 5 aromatic rings. The van der Waals surface area contributed by atoms with Crippen LogP contribution in [0.1, 0.15) is 35.8 Å². The van der Waals surface area contributed by atoms with Crippen LogP contribution in [0.4, 0.5) is 0 Å². The van der Waals surface area contributed by atoms with Crippen molar-refractivity contribution in [2.45, 2.75) is 26.3 Å². The Hall–Kier alpha value is -4.65. The number of fused-ring (bicyclic) bond motifs is 2. The van der Waals surface area contributed by atoms with Gasteiger partial charge in [0.2, 0.25) is 0 Å². The van der Waals surface area contributed by atoms with Crippen molar-refractivity contribution < 1.29 is 19.0 Å². The van der Waals surface area contributed by atoms with E-state index in [2.05, 4.69) is 4.98 Å². The molecule has 0 amide bonds. The van der Waals surface area contributed by atoms with Gasteiger partial charge in [0.1, 0.15) is 11.5 Å². The molecule has 7 heteroatoms. The third-order valence-electron chi connectivity index (χ3n) is 6.52. The highest BCUT2D eigenvalue weighted by atomic mass is 16.5. The van der Waals surface area contributed by atoms with Gasteiger partial charge in [0, 0.05) is 41.7 Å². The van der Waals surface area contributed by atoms with Crippen LogP contribution in [-0.2, 0) is 6.42 Å². The van der Waals surface area contributed by atoms with Crippen molar-refractivity contribution in [1.82, 2.24) is 9.55 Å². The zero-order chi connectivity index (χ0) is 26.8. The van der Waals surface area contributed by atoms with Crippen molar-refractivity contribution in [1.29, 1.82) is 0 Å². The van der Waals surface area contributed by atoms with E-state index in [-0.39, 0.29) is 29.2 Å². The van der Waals surface area contributed by atoms with E-state index in [4.69, 9.17) is 14.2 Å². The number of para-hydroxylation sites is 1. The first-order valence-electron chi connectivity index (χ1n) is 12.3. The minimum absolute atomic E-state index is 0.105. The van der Waals surface area contributed by atoms with Crippen LogP contribution in [0.15, 0.2) is 83.9 Å². The number of ketones is 1. The molecule has 7 nitrogen and oxygen atoms in total. The first kappa shape index (κ1) is 25.0. The maximum Gasteiger partial charge on any atom is 0.200 e. The molecule has 0 fully saturated rings. The van der Waals surface area contributed by atoms with E-state index in [1.165, 1.54) is 0 Å². The average molecular weight is 509 g/mol. The molecule has 0 saturated heterocycles. The normalized spacial score (nSPS) is 11.2. The maximum atomic E-state index is 13.2. The summed E-state index contributed by atoms with van der Waals surface area (Å²) in [6.07, 6.45) is 3.47. The van der Waals surface area contributed by atoms with Crippen LogP contribution in [0.5, 0.6) is 23.0 Å². The molecule has 0 atom stereocenters. The highest BCUT2D eigenvalue weighted by molar-refractivity contribution is 6.00. The smallest absolute Gasteiger partial charge is 0.200 e. The highest BCUT2D eigenvalue weighted by Gasteiger charge is 2.17. The van der Waals surface area contributed by atoms with Crippen LogP contribution in [0.3, 0.4) is 0 Å². The van der Waals surface area contributed by atoms with E-state index >= 15 is 0 Å². The number of aromatic nitrogens is 2. The summed E-state index contributed by atoms with van der Waals surface area (Å²) in [6.45, 7) is 4.06. The topological polar surface area (TPSA) is 79.7 Å². The second-order valence-corrected chi connectivity index (χ2v) is 9.27. The van der Waals surface area contributed by atoms with Gasteiger partial charge in [0.25, 0.3) is 0 Å². The summed E-state index contributed by atoms with van der Waals surface area (Å²) in [5.74, 6) is 2.17.